The zero-order valence-electron chi connectivity index (χ0n) is 14.8. The molecule has 2 aromatic carbocycles. The van der Waals surface area contributed by atoms with Gasteiger partial charge in [-0.1, -0.05) is 32.0 Å². The van der Waals surface area contributed by atoms with Gasteiger partial charge in [-0.05, 0) is 30.2 Å². The number of ketones is 1. The minimum absolute atomic E-state index is 0.0936. The number of halogens is 2. The van der Waals surface area contributed by atoms with E-state index in [1.54, 1.807) is 24.3 Å². The lowest BCUT2D eigenvalue weighted by Gasteiger charge is -2.11. The van der Waals surface area contributed by atoms with Gasteiger partial charge in [0.05, 0.1) is 16.6 Å². The number of esters is 1. The molecule has 0 aliphatic carbocycles. The van der Waals surface area contributed by atoms with E-state index in [9.17, 15) is 18.4 Å². The lowest BCUT2D eigenvalue weighted by Crippen LogP contribution is -2.16. The fraction of sp³-hybridized carbons (Fsp3) is 0.190. The average Bonchev–Trinajstić information content (AvgIpc) is 2.64. The summed E-state index contributed by atoms with van der Waals surface area (Å²) in [7, 11) is 0. The second-order valence-electron chi connectivity index (χ2n) is 6.39. The van der Waals surface area contributed by atoms with Crippen molar-refractivity contribution in [1.29, 1.82) is 0 Å². The predicted octanol–water partition coefficient (Wildman–Crippen LogP) is 4.68. The number of hydrogen-bond acceptors (Lipinski definition) is 4. The van der Waals surface area contributed by atoms with Crippen molar-refractivity contribution in [1.82, 2.24) is 4.98 Å². The highest BCUT2D eigenvalue weighted by atomic mass is 19.1. The number of nitrogens with zero attached hydrogens (tertiary/aromatic N) is 1. The van der Waals surface area contributed by atoms with Gasteiger partial charge in [-0.2, -0.15) is 0 Å². The molecule has 0 saturated carbocycles. The molecule has 0 aliphatic rings. The van der Waals surface area contributed by atoms with Crippen LogP contribution >= 0.6 is 0 Å². The van der Waals surface area contributed by atoms with Crippen molar-refractivity contribution in [2.24, 2.45) is 0 Å². The van der Waals surface area contributed by atoms with Gasteiger partial charge in [0.2, 0.25) is 5.78 Å². The Hall–Kier alpha value is -3.15. The molecule has 0 aliphatic heterocycles. The molecule has 138 valence electrons. The summed E-state index contributed by atoms with van der Waals surface area (Å²) < 4.78 is 31.7. The summed E-state index contributed by atoms with van der Waals surface area (Å²) >= 11 is 0. The van der Waals surface area contributed by atoms with Gasteiger partial charge in [0.15, 0.2) is 6.61 Å². The molecule has 0 fully saturated rings. The van der Waals surface area contributed by atoms with Gasteiger partial charge < -0.3 is 4.74 Å². The average molecular weight is 369 g/mol. The van der Waals surface area contributed by atoms with Gasteiger partial charge in [-0.3, -0.25) is 9.78 Å². The highest BCUT2D eigenvalue weighted by molar-refractivity contribution is 6.05. The van der Waals surface area contributed by atoms with Crippen LogP contribution in [0, 0.1) is 11.6 Å². The van der Waals surface area contributed by atoms with Gasteiger partial charge in [-0.15, -0.1) is 0 Å². The van der Waals surface area contributed by atoms with E-state index in [0.29, 0.717) is 17.0 Å². The molecule has 0 radical (unpaired) electrons. The van der Waals surface area contributed by atoms with Crippen LogP contribution in [0.3, 0.4) is 0 Å². The molecule has 0 bridgehead atoms. The molecule has 0 spiro atoms. The first kappa shape index (κ1) is 18.6. The minimum atomic E-state index is -0.993. The van der Waals surface area contributed by atoms with Crippen LogP contribution in [0.4, 0.5) is 8.78 Å². The first-order valence-electron chi connectivity index (χ1n) is 8.42. The molecule has 3 rings (SSSR count). The molecule has 0 saturated heterocycles. The van der Waals surface area contributed by atoms with Crippen LogP contribution < -0.4 is 0 Å². The van der Waals surface area contributed by atoms with Crippen molar-refractivity contribution >= 4 is 22.7 Å². The quantitative estimate of drug-likeness (QED) is 0.484. The van der Waals surface area contributed by atoms with E-state index < -0.39 is 30.0 Å². The maximum Gasteiger partial charge on any atom is 0.339 e. The van der Waals surface area contributed by atoms with Crippen LogP contribution in [-0.4, -0.2) is 23.3 Å². The molecule has 0 atom stereocenters. The smallest absolute Gasteiger partial charge is 0.339 e. The van der Waals surface area contributed by atoms with Crippen molar-refractivity contribution in [3.8, 4) is 0 Å². The molecule has 0 unspecified atom stereocenters. The molecule has 6 heteroatoms. The fourth-order valence-electron chi connectivity index (χ4n) is 2.66. The summed E-state index contributed by atoms with van der Waals surface area (Å²) in [5.41, 5.74) is 1.33. The van der Waals surface area contributed by atoms with Crippen LogP contribution in [-0.2, 0) is 4.74 Å². The molecule has 0 N–H and O–H groups in total. The van der Waals surface area contributed by atoms with E-state index in [2.05, 4.69) is 4.98 Å². The number of fused-ring (bicyclic) bond motifs is 1. The number of ether oxygens (including phenoxy) is 1. The summed E-state index contributed by atoms with van der Waals surface area (Å²) in [6.45, 7) is 3.26. The van der Waals surface area contributed by atoms with Gasteiger partial charge >= 0.3 is 5.97 Å². The minimum Gasteiger partial charge on any atom is -0.454 e. The number of hydrogen-bond donors (Lipinski definition) is 0. The topological polar surface area (TPSA) is 56.3 Å². The summed E-state index contributed by atoms with van der Waals surface area (Å²) in [6, 6.07) is 11.4. The molecule has 3 aromatic rings. The first-order valence-corrected chi connectivity index (χ1v) is 8.42. The zero-order chi connectivity index (χ0) is 19.6. The third-order valence-electron chi connectivity index (χ3n) is 4.11. The van der Waals surface area contributed by atoms with Crippen LogP contribution in [0.5, 0.6) is 0 Å². The number of rotatable bonds is 5. The highest BCUT2D eigenvalue weighted by Crippen LogP contribution is 2.23. The van der Waals surface area contributed by atoms with E-state index in [1.807, 2.05) is 19.9 Å². The van der Waals surface area contributed by atoms with Gasteiger partial charge in [0.25, 0.3) is 0 Å². The number of carbonyl (C=O) groups is 2. The van der Waals surface area contributed by atoms with E-state index in [1.165, 1.54) is 0 Å². The van der Waals surface area contributed by atoms with Crippen molar-refractivity contribution < 1.29 is 23.1 Å². The van der Waals surface area contributed by atoms with Crippen molar-refractivity contribution in [2.75, 3.05) is 6.61 Å². The van der Waals surface area contributed by atoms with Crippen molar-refractivity contribution in [2.45, 2.75) is 19.8 Å². The third kappa shape index (κ3) is 4.00. The number of benzene rings is 2. The van der Waals surface area contributed by atoms with Crippen LogP contribution in [0.15, 0.2) is 48.5 Å². The molecule has 1 aromatic heterocycles. The first-order chi connectivity index (χ1) is 12.9. The van der Waals surface area contributed by atoms with Crippen LogP contribution in [0.25, 0.3) is 10.9 Å². The SMILES string of the molecule is CC(C)c1cc(C(=O)OCC(=O)c2ccc(F)cc2F)c2ccccc2n1. The Labute approximate surface area is 154 Å². The standard InChI is InChI=1S/C21H17F2NO3/c1-12(2)19-10-16(14-5-3-4-6-18(14)24-19)21(26)27-11-20(25)15-8-7-13(22)9-17(15)23/h3-10,12H,11H2,1-2H3. The Bertz CT molecular complexity index is 1030. The number of carbonyl (C=O) groups excluding carboxylic acids is 2. The lowest BCUT2D eigenvalue weighted by atomic mass is 10.0. The number of Topliss-reactive ketones (excluding diaryl/α,β-unsaturated/α-hetero) is 1. The Morgan fingerprint density at radius 1 is 1.04 bits per heavy atom. The monoisotopic (exact) mass is 369 g/mol. The highest BCUT2D eigenvalue weighted by Gasteiger charge is 2.19. The fourth-order valence-corrected chi connectivity index (χ4v) is 2.66. The molecule has 4 nitrogen and oxygen atoms in total. The zero-order valence-corrected chi connectivity index (χ0v) is 14.8. The summed E-state index contributed by atoms with van der Waals surface area (Å²) in [5, 5.41) is 0.604. The maximum absolute atomic E-state index is 13.7. The third-order valence-corrected chi connectivity index (χ3v) is 4.11. The number of aromatic nitrogens is 1. The Balaban J connectivity index is 1.85. The summed E-state index contributed by atoms with van der Waals surface area (Å²) in [4.78, 5) is 29.2. The van der Waals surface area contributed by atoms with Gasteiger partial charge in [0.1, 0.15) is 11.6 Å². The summed E-state index contributed by atoms with van der Waals surface area (Å²) in [5.74, 6) is -3.14. The van der Waals surface area contributed by atoms with Crippen LogP contribution in [0.1, 0.15) is 46.2 Å². The molecular weight excluding hydrogens is 352 g/mol. The predicted molar refractivity (Wildman–Crippen MR) is 96.8 cm³/mol. The molecule has 1 heterocycles. The normalized spacial score (nSPS) is 11.0. The van der Waals surface area contributed by atoms with E-state index >= 15 is 0 Å². The Morgan fingerprint density at radius 3 is 2.48 bits per heavy atom. The van der Waals surface area contributed by atoms with Crippen LogP contribution in [0.2, 0.25) is 0 Å². The van der Waals surface area contributed by atoms with Gasteiger partial charge in [0, 0.05) is 17.1 Å². The van der Waals surface area contributed by atoms with Crippen molar-refractivity contribution in [3.05, 3.63) is 77.0 Å². The lowest BCUT2D eigenvalue weighted by molar-refractivity contribution is 0.0475. The molecule has 0 amide bonds. The largest absolute Gasteiger partial charge is 0.454 e. The summed E-state index contributed by atoms with van der Waals surface area (Å²) in [6.07, 6.45) is 0. The van der Waals surface area contributed by atoms with Gasteiger partial charge in [-0.25, -0.2) is 13.6 Å². The Kier molecular flexibility index (Phi) is 5.26. The van der Waals surface area contributed by atoms with Crippen molar-refractivity contribution in [3.63, 3.8) is 0 Å². The Morgan fingerprint density at radius 2 is 1.78 bits per heavy atom. The second-order valence-corrected chi connectivity index (χ2v) is 6.39. The van der Waals surface area contributed by atoms with E-state index in [4.69, 9.17) is 4.74 Å². The molecule has 27 heavy (non-hydrogen) atoms. The van der Waals surface area contributed by atoms with E-state index in [0.717, 1.165) is 17.8 Å². The maximum atomic E-state index is 13.7. The number of pyridine rings is 1. The van der Waals surface area contributed by atoms with E-state index in [-0.39, 0.29) is 17.0 Å². The molecular formula is C21H17F2NO3. The second kappa shape index (κ2) is 7.61. The number of para-hydroxylation sites is 1.